The molecule has 12 heteroatoms. The number of carbonyl (C=O) groups excluding carboxylic acids is 3. The van der Waals surface area contributed by atoms with Gasteiger partial charge in [-0.3, -0.25) is 14.4 Å². The van der Waals surface area contributed by atoms with Crippen molar-refractivity contribution in [1.29, 1.82) is 0 Å². The number of anilines is 2. The molecule has 1 spiro atoms. The number of halogens is 3. The average Bonchev–Trinajstić information content (AvgIpc) is 3.50. The van der Waals surface area contributed by atoms with Crippen LogP contribution in [0.4, 0.5) is 15.8 Å². The first-order valence-corrected chi connectivity index (χ1v) is 14.4. The monoisotopic (exact) mass is 618 g/mol. The van der Waals surface area contributed by atoms with Gasteiger partial charge < -0.3 is 26.4 Å². The Morgan fingerprint density at radius 1 is 1.20 bits per heavy atom. The summed E-state index contributed by atoms with van der Waals surface area (Å²) >= 11 is 13.9. The third-order valence-corrected chi connectivity index (χ3v) is 9.32. The lowest BCUT2D eigenvalue weighted by Crippen LogP contribution is -2.49. The zero-order chi connectivity index (χ0) is 29.9. The Labute approximate surface area is 250 Å². The van der Waals surface area contributed by atoms with E-state index in [0.29, 0.717) is 21.3 Å². The zero-order valence-electron chi connectivity index (χ0n) is 22.7. The van der Waals surface area contributed by atoms with E-state index in [1.165, 1.54) is 42.7 Å². The first-order chi connectivity index (χ1) is 19.3. The molecular weight excluding hydrogens is 590 g/mol. The summed E-state index contributed by atoms with van der Waals surface area (Å²) in [6, 6.07) is 8.98. The van der Waals surface area contributed by atoms with Gasteiger partial charge >= 0.3 is 0 Å². The minimum absolute atomic E-state index is 0.123. The van der Waals surface area contributed by atoms with Crippen molar-refractivity contribution in [2.45, 2.75) is 50.6 Å². The number of rotatable bonds is 6. The van der Waals surface area contributed by atoms with Gasteiger partial charge in [-0.25, -0.2) is 4.39 Å². The second-order valence-electron chi connectivity index (χ2n) is 11.5. The molecular formula is C29H29Cl2FN4O4S. The number of primary amides is 1. The third-order valence-electron chi connectivity index (χ3n) is 7.62. The number of amides is 3. The highest BCUT2D eigenvalue weighted by molar-refractivity contribution is 7.17. The van der Waals surface area contributed by atoms with Crippen LogP contribution in [0.5, 0.6) is 5.75 Å². The van der Waals surface area contributed by atoms with E-state index in [1.54, 1.807) is 18.2 Å². The minimum atomic E-state index is -1.37. The second-order valence-corrected chi connectivity index (χ2v) is 13.6. The molecule has 1 aromatic heterocycles. The highest BCUT2D eigenvalue weighted by Crippen LogP contribution is 2.59. The number of thiophene rings is 1. The van der Waals surface area contributed by atoms with Gasteiger partial charge in [-0.05, 0) is 47.7 Å². The molecule has 4 atom stereocenters. The molecule has 0 radical (unpaired) electrons. The van der Waals surface area contributed by atoms with E-state index in [9.17, 15) is 14.4 Å². The van der Waals surface area contributed by atoms with Crippen LogP contribution < -0.4 is 26.4 Å². The van der Waals surface area contributed by atoms with Crippen LogP contribution in [0.3, 0.4) is 0 Å². The zero-order valence-corrected chi connectivity index (χ0v) is 25.1. The Hall–Kier alpha value is -3.18. The van der Waals surface area contributed by atoms with Gasteiger partial charge in [-0.2, -0.15) is 0 Å². The highest BCUT2D eigenvalue weighted by atomic mass is 35.5. The van der Waals surface area contributed by atoms with Crippen LogP contribution in [0.15, 0.2) is 42.5 Å². The molecule has 3 amide bonds. The molecule has 2 aliphatic heterocycles. The second kappa shape index (κ2) is 10.6. The summed E-state index contributed by atoms with van der Waals surface area (Å²) in [5.41, 5.74) is 4.91. The molecule has 0 saturated carbocycles. The molecule has 8 nitrogen and oxygen atoms in total. The molecule has 216 valence electrons. The number of methoxy groups -OCH3 is 1. The predicted octanol–water partition coefficient (Wildman–Crippen LogP) is 5.69. The summed E-state index contributed by atoms with van der Waals surface area (Å²) in [6.07, 6.45) is 0.481. The fourth-order valence-corrected chi connectivity index (χ4v) is 7.66. The van der Waals surface area contributed by atoms with E-state index in [-0.39, 0.29) is 38.9 Å². The van der Waals surface area contributed by atoms with Gasteiger partial charge in [0.15, 0.2) is 0 Å². The van der Waals surface area contributed by atoms with Gasteiger partial charge in [0.2, 0.25) is 17.7 Å². The lowest BCUT2D eigenvalue weighted by molar-refractivity contribution is -0.122. The van der Waals surface area contributed by atoms with Crippen LogP contribution >= 0.6 is 34.5 Å². The fourth-order valence-electron chi connectivity index (χ4n) is 6.02. The largest absolute Gasteiger partial charge is 0.495 e. The van der Waals surface area contributed by atoms with Gasteiger partial charge in [0.05, 0.1) is 33.9 Å². The van der Waals surface area contributed by atoms with Crippen molar-refractivity contribution in [3.8, 4) is 5.75 Å². The minimum Gasteiger partial charge on any atom is -0.495 e. The normalized spacial score (nSPS) is 23.4. The maximum atomic E-state index is 15.9. The topological polar surface area (TPSA) is 123 Å². The highest BCUT2D eigenvalue weighted by Gasteiger charge is 2.67. The lowest BCUT2D eigenvalue weighted by atomic mass is 9.65. The van der Waals surface area contributed by atoms with Gasteiger partial charge in [-0.15, -0.1) is 11.3 Å². The van der Waals surface area contributed by atoms with Crippen LogP contribution in [-0.4, -0.2) is 36.9 Å². The van der Waals surface area contributed by atoms with Crippen molar-refractivity contribution < 1.29 is 23.5 Å². The fraction of sp³-hybridized carbons (Fsp3) is 0.345. The van der Waals surface area contributed by atoms with E-state index in [0.717, 1.165) is 0 Å². The van der Waals surface area contributed by atoms with Gasteiger partial charge in [0, 0.05) is 22.4 Å². The molecule has 3 aromatic rings. The van der Waals surface area contributed by atoms with Crippen LogP contribution in [0, 0.1) is 11.2 Å². The molecule has 0 unspecified atom stereocenters. The molecule has 1 saturated heterocycles. The van der Waals surface area contributed by atoms with Crippen molar-refractivity contribution in [1.82, 2.24) is 5.32 Å². The first kappa shape index (κ1) is 29.3. The molecule has 0 bridgehead atoms. The number of hydrogen-bond donors (Lipinski definition) is 4. The summed E-state index contributed by atoms with van der Waals surface area (Å²) in [7, 11) is 1.40. The van der Waals surface area contributed by atoms with Gasteiger partial charge in [-0.1, -0.05) is 56.1 Å². The van der Waals surface area contributed by atoms with E-state index in [1.807, 2.05) is 20.8 Å². The Morgan fingerprint density at radius 3 is 2.59 bits per heavy atom. The number of nitrogens with two attached hydrogens (primary N) is 1. The summed E-state index contributed by atoms with van der Waals surface area (Å²) in [4.78, 5) is 40.5. The standard InChI is InChI=1S/C29H29Cl2FN4O4S/c1-28(2,3)12-19-29(24-17(35-27(29)39)11-20(31)41-24)21(14-6-5-7-15(30)22(14)32)23(36-19)26(38)34-16-9-8-13(25(33)37)10-18(16)40-4/h5-11,19,21,23,36H,12H2,1-4H3,(H2,33,37)(H,34,38)(H,35,39)/t19-,21-,23+,29-/m0/s1. The van der Waals surface area contributed by atoms with E-state index >= 15 is 4.39 Å². The average molecular weight is 620 g/mol. The van der Waals surface area contributed by atoms with Crippen molar-refractivity contribution in [3.63, 3.8) is 0 Å². The maximum absolute atomic E-state index is 15.9. The number of benzene rings is 2. The SMILES string of the molecule is COc1cc(C(N)=O)ccc1NC(=O)[C@@H]1N[C@@H](CC(C)(C)C)[C@]2(C(=O)Nc3cc(Cl)sc32)[C@H]1c1cccc(Cl)c1F. The lowest BCUT2D eigenvalue weighted by Gasteiger charge is -2.37. The van der Waals surface area contributed by atoms with Crippen molar-refractivity contribution >= 4 is 63.6 Å². The number of fused-ring (bicyclic) bond motifs is 2. The number of nitrogens with one attached hydrogen (secondary N) is 3. The molecule has 1 fully saturated rings. The predicted molar refractivity (Wildman–Crippen MR) is 159 cm³/mol. The number of hydrogen-bond acceptors (Lipinski definition) is 6. The number of ether oxygens (including phenoxy) is 1. The van der Waals surface area contributed by atoms with Crippen molar-refractivity contribution in [2.24, 2.45) is 11.1 Å². The maximum Gasteiger partial charge on any atom is 0.248 e. The van der Waals surface area contributed by atoms with Crippen molar-refractivity contribution in [3.05, 3.63) is 73.6 Å². The van der Waals surface area contributed by atoms with Crippen LogP contribution in [0.25, 0.3) is 0 Å². The summed E-state index contributed by atoms with van der Waals surface area (Å²) in [5, 5.41) is 9.08. The Kier molecular flexibility index (Phi) is 7.57. The van der Waals surface area contributed by atoms with E-state index in [4.69, 9.17) is 33.7 Å². The molecule has 2 aliphatic rings. The molecule has 0 aliphatic carbocycles. The smallest absolute Gasteiger partial charge is 0.248 e. The summed E-state index contributed by atoms with van der Waals surface area (Å²) in [6.45, 7) is 6.10. The molecule has 5 rings (SSSR count). The van der Waals surface area contributed by atoms with Crippen molar-refractivity contribution in [2.75, 3.05) is 17.7 Å². The Balaban J connectivity index is 1.69. The Bertz CT molecular complexity index is 1570. The Morgan fingerprint density at radius 2 is 1.93 bits per heavy atom. The molecule has 41 heavy (non-hydrogen) atoms. The quantitative estimate of drug-likeness (QED) is 0.283. The molecule has 3 heterocycles. The summed E-state index contributed by atoms with van der Waals surface area (Å²) in [5.74, 6) is -3.02. The van der Waals surface area contributed by atoms with E-state index < -0.39 is 41.0 Å². The number of carbonyl (C=O) groups is 3. The van der Waals surface area contributed by atoms with Crippen LogP contribution in [0.1, 0.15) is 53.9 Å². The third kappa shape index (κ3) is 4.97. The van der Waals surface area contributed by atoms with E-state index in [2.05, 4.69) is 16.0 Å². The first-order valence-electron chi connectivity index (χ1n) is 12.9. The van der Waals surface area contributed by atoms with Crippen LogP contribution in [-0.2, 0) is 15.0 Å². The summed E-state index contributed by atoms with van der Waals surface area (Å²) < 4.78 is 21.7. The molecule has 2 aromatic carbocycles. The molecule has 5 N–H and O–H groups in total. The van der Waals surface area contributed by atoms with Gasteiger partial charge in [0.25, 0.3) is 0 Å². The van der Waals surface area contributed by atoms with Gasteiger partial charge in [0.1, 0.15) is 17.0 Å². The van der Waals surface area contributed by atoms with Crippen LogP contribution in [0.2, 0.25) is 9.36 Å².